The fourth-order valence-corrected chi connectivity index (χ4v) is 4.94. The predicted molar refractivity (Wildman–Crippen MR) is 72.9 cm³/mol. The van der Waals surface area contributed by atoms with Crippen LogP contribution in [0.1, 0.15) is 39.0 Å². The molecule has 4 aliphatic carbocycles. The Morgan fingerprint density at radius 2 is 1.56 bits per heavy atom. The second-order valence-corrected chi connectivity index (χ2v) is 7.02. The van der Waals surface area contributed by atoms with Crippen molar-refractivity contribution in [3.05, 3.63) is 0 Å². The molecule has 4 fully saturated rings. The van der Waals surface area contributed by atoms with Crippen LogP contribution < -0.4 is 0 Å². The van der Waals surface area contributed by atoms with Gasteiger partial charge in [0.1, 0.15) is 0 Å². The van der Waals surface area contributed by atoms with Crippen LogP contribution in [0.25, 0.3) is 0 Å². The summed E-state index contributed by atoms with van der Waals surface area (Å²) in [4.78, 5) is 0. The summed E-state index contributed by atoms with van der Waals surface area (Å²) >= 11 is 5.59. The highest BCUT2D eigenvalue weighted by Crippen LogP contribution is 2.59. The van der Waals surface area contributed by atoms with E-state index in [1.807, 2.05) is 0 Å². The average Bonchev–Trinajstić information content (AvgIpc) is 2.35. The van der Waals surface area contributed by atoms with Crippen molar-refractivity contribution in [2.24, 2.45) is 23.7 Å². The Hall–Kier alpha value is 0.210. The molecule has 0 atom stereocenters. The van der Waals surface area contributed by atoms with E-state index in [0.717, 1.165) is 30.3 Å². The van der Waals surface area contributed by atoms with E-state index in [1.165, 1.54) is 32.1 Å². The van der Waals surface area contributed by atoms with Gasteiger partial charge in [-0.1, -0.05) is 0 Å². The monoisotopic (exact) mass is 272 g/mol. The molecular weight excluding hydrogens is 248 g/mol. The van der Waals surface area contributed by atoms with Gasteiger partial charge in [0.2, 0.25) is 0 Å². The maximum Gasteiger partial charge on any atom is 0.0712 e. The highest BCUT2D eigenvalue weighted by Gasteiger charge is 2.55. The molecule has 18 heavy (non-hydrogen) atoms. The first-order valence-electron chi connectivity index (χ1n) is 7.50. The maximum absolute atomic E-state index is 6.28. The third-order valence-corrected chi connectivity index (χ3v) is 5.78. The Balaban J connectivity index is 1.54. The van der Waals surface area contributed by atoms with E-state index in [4.69, 9.17) is 21.1 Å². The summed E-state index contributed by atoms with van der Waals surface area (Å²) in [6.45, 7) is 4.42. The topological polar surface area (TPSA) is 18.5 Å². The molecule has 4 aliphatic rings. The molecule has 0 N–H and O–H groups in total. The third kappa shape index (κ3) is 2.32. The molecule has 2 nitrogen and oxygen atoms in total. The number of alkyl halides is 1. The van der Waals surface area contributed by atoms with E-state index in [-0.39, 0.29) is 5.60 Å². The average molecular weight is 273 g/mol. The van der Waals surface area contributed by atoms with Crippen LogP contribution in [0.2, 0.25) is 0 Å². The summed E-state index contributed by atoms with van der Waals surface area (Å²) < 4.78 is 11.7. The highest BCUT2D eigenvalue weighted by atomic mass is 35.5. The Morgan fingerprint density at radius 3 is 2.11 bits per heavy atom. The third-order valence-electron chi connectivity index (χ3n) is 5.62. The molecule has 0 saturated heterocycles. The first-order valence-corrected chi connectivity index (χ1v) is 8.03. The van der Waals surface area contributed by atoms with E-state index in [2.05, 4.69) is 6.92 Å². The standard InChI is InChI=1S/C15H25ClO2/c1-15(18-5-4-17-3-2-16)13-7-11-6-12(9-13)10-14(15)8-11/h11-14H,2-10H2,1H3. The summed E-state index contributed by atoms with van der Waals surface area (Å²) in [6.07, 6.45) is 7.14. The largest absolute Gasteiger partial charge is 0.378 e. The van der Waals surface area contributed by atoms with Gasteiger partial charge in [-0.2, -0.15) is 0 Å². The first kappa shape index (κ1) is 13.2. The minimum absolute atomic E-state index is 0.137. The minimum Gasteiger partial charge on any atom is -0.378 e. The predicted octanol–water partition coefficient (Wildman–Crippen LogP) is 3.47. The van der Waals surface area contributed by atoms with E-state index < -0.39 is 0 Å². The van der Waals surface area contributed by atoms with Crippen LogP contribution in [0.4, 0.5) is 0 Å². The smallest absolute Gasteiger partial charge is 0.0712 e. The van der Waals surface area contributed by atoms with Gasteiger partial charge in [0.05, 0.1) is 25.4 Å². The van der Waals surface area contributed by atoms with Crippen molar-refractivity contribution >= 4 is 11.6 Å². The van der Waals surface area contributed by atoms with Crippen molar-refractivity contribution in [2.45, 2.75) is 44.6 Å². The zero-order chi connectivity index (χ0) is 12.6. The van der Waals surface area contributed by atoms with Crippen LogP contribution in [0.3, 0.4) is 0 Å². The lowest BCUT2D eigenvalue weighted by Crippen LogP contribution is -2.57. The Kier molecular flexibility index (Phi) is 3.89. The molecule has 0 spiro atoms. The lowest BCUT2D eigenvalue weighted by Gasteiger charge is -2.59. The lowest BCUT2D eigenvalue weighted by atomic mass is 9.50. The normalized spacial score (nSPS) is 45.7. The molecule has 0 aromatic carbocycles. The summed E-state index contributed by atoms with van der Waals surface area (Å²) in [6, 6.07) is 0. The second-order valence-electron chi connectivity index (χ2n) is 6.64. The Bertz CT molecular complexity index is 264. The molecule has 4 bridgehead atoms. The van der Waals surface area contributed by atoms with Crippen molar-refractivity contribution in [3.8, 4) is 0 Å². The molecule has 0 heterocycles. The fourth-order valence-electron chi connectivity index (χ4n) is 4.83. The summed E-state index contributed by atoms with van der Waals surface area (Å²) in [5.41, 5.74) is 0.137. The quantitative estimate of drug-likeness (QED) is 0.544. The van der Waals surface area contributed by atoms with Crippen molar-refractivity contribution in [3.63, 3.8) is 0 Å². The van der Waals surface area contributed by atoms with Gasteiger partial charge in [-0.3, -0.25) is 0 Å². The minimum atomic E-state index is 0.137. The van der Waals surface area contributed by atoms with Gasteiger partial charge in [-0.05, 0) is 62.7 Å². The molecule has 3 heteroatoms. The van der Waals surface area contributed by atoms with E-state index in [9.17, 15) is 0 Å². The Morgan fingerprint density at radius 1 is 0.944 bits per heavy atom. The molecule has 0 aromatic rings. The summed E-state index contributed by atoms with van der Waals surface area (Å²) in [5.74, 6) is 4.21. The molecule has 4 saturated carbocycles. The van der Waals surface area contributed by atoms with Crippen LogP contribution in [0, 0.1) is 23.7 Å². The molecule has 0 unspecified atom stereocenters. The molecule has 104 valence electrons. The lowest BCUT2D eigenvalue weighted by molar-refractivity contribution is -0.198. The van der Waals surface area contributed by atoms with Crippen LogP contribution in [0.15, 0.2) is 0 Å². The number of ether oxygens (including phenoxy) is 2. The van der Waals surface area contributed by atoms with Crippen LogP contribution in [-0.4, -0.2) is 31.3 Å². The zero-order valence-corrected chi connectivity index (χ0v) is 12.1. The van der Waals surface area contributed by atoms with Gasteiger partial charge in [-0.15, -0.1) is 11.6 Å². The maximum atomic E-state index is 6.28. The van der Waals surface area contributed by atoms with Crippen LogP contribution in [-0.2, 0) is 9.47 Å². The molecule has 0 aromatic heterocycles. The van der Waals surface area contributed by atoms with Crippen molar-refractivity contribution in [1.29, 1.82) is 0 Å². The number of rotatable bonds is 6. The van der Waals surface area contributed by atoms with Gasteiger partial charge >= 0.3 is 0 Å². The zero-order valence-electron chi connectivity index (χ0n) is 11.4. The summed E-state index contributed by atoms with van der Waals surface area (Å²) in [7, 11) is 0. The number of hydrogen-bond acceptors (Lipinski definition) is 2. The highest BCUT2D eigenvalue weighted by molar-refractivity contribution is 6.17. The van der Waals surface area contributed by atoms with Gasteiger partial charge < -0.3 is 9.47 Å². The second kappa shape index (κ2) is 5.30. The van der Waals surface area contributed by atoms with Crippen molar-refractivity contribution < 1.29 is 9.47 Å². The number of hydrogen-bond donors (Lipinski definition) is 0. The van der Waals surface area contributed by atoms with E-state index in [1.54, 1.807) is 0 Å². The van der Waals surface area contributed by atoms with Crippen LogP contribution >= 0.6 is 11.6 Å². The van der Waals surface area contributed by atoms with E-state index in [0.29, 0.717) is 19.1 Å². The van der Waals surface area contributed by atoms with Crippen molar-refractivity contribution in [1.82, 2.24) is 0 Å². The molecule has 0 radical (unpaired) electrons. The Labute approximate surface area is 115 Å². The van der Waals surface area contributed by atoms with Gasteiger partial charge in [0, 0.05) is 5.88 Å². The van der Waals surface area contributed by atoms with Gasteiger partial charge in [-0.25, -0.2) is 0 Å². The summed E-state index contributed by atoms with van der Waals surface area (Å²) in [5, 5.41) is 0. The van der Waals surface area contributed by atoms with Gasteiger partial charge in [0.15, 0.2) is 0 Å². The number of halogens is 1. The first-order chi connectivity index (χ1) is 8.72. The molecule has 4 rings (SSSR count). The molecule has 0 amide bonds. The van der Waals surface area contributed by atoms with Crippen LogP contribution in [0.5, 0.6) is 0 Å². The van der Waals surface area contributed by atoms with E-state index >= 15 is 0 Å². The van der Waals surface area contributed by atoms with Gasteiger partial charge in [0.25, 0.3) is 0 Å². The van der Waals surface area contributed by atoms with Crippen molar-refractivity contribution in [2.75, 3.05) is 25.7 Å². The fraction of sp³-hybridized carbons (Fsp3) is 1.00. The molecule has 0 aliphatic heterocycles. The SMILES string of the molecule is CC1(OCCOCCCl)C2CC3CC(C2)CC1C3. The molecular formula is C15H25ClO2.